The Bertz CT molecular complexity index is 635. The molecular weight excluding hydrogens is 216 g/mol. The predicted octanol–water partition coefficient (Wildman–Crippen LogP) is 3.68. The van der Waals surface area contributed by atoms with Gasteiger partial charge in [-0.15, -0.1) is 11.3 Å². The maximum atomic E-state index is 4.59. The highest BCUT2D eigenvalue weighted by Gasteiger charge is 2.13. The Hall–Kier alpha value is -1.61. The molecule has 0 saturated carbocycles. The van der Waals surface area contributed by atoms with Gasteiger partial charge in [0.15, 0.2) is 4.96 Å². The minimum atomic E-state index is 1.08. The van der Waals surface area contributed by atoms with Gasteiger partial charge in [-0.3, -0.25) is 4.40 Å². The lowest BCUT2D eigenvalue weighted by molar-refractivity contribution is 1.13. The molecule has 0 radical (unpaired) electrons. The number of nitrogens with zero attached hydrogens (tertiary/aromatic N) is 2. The Morgan fingerprint density at radius 3 is 2.62 bits per heavy atom. The van der Waals surface area contributed by atoms with Crippen molar-refractivity contribution in [2.24, 2.45) is 0 Å². The molecule has 0 unspecified atom stereocenters. The summed E-state index contributed by atoms with van der Waals surface area (Å²) in [6.07, 6.45) is 0. The average Bonchev–Trinajstić information content (AvgIpc) is 2.80. The van der Waals surface area contributed by atoms with Crippen molar-refractivity contribution in [1.29, 1.82) is 0 Å². The molecule has 2 heterocycles. The first-order chi connectivity index (χ1) is 7.77. The van der Waals surface area contributed by atoms with Crippen molar-refractivity contribution in [2.75, 3.05) is 0 Å². The van der Waals surface area contributed by atoms with Crippen molar-refractivity contribution in [1.82, 2.24) is 9.38 Å². The van der Waals surface area contributed by atoms with E-state index in [1.807, 2.05) is 6.07 Å². The van der Waals surface area contributed by atoms with E-state index >= 15 is 0 Å². The van der Waals surface area contributed by atoms with Gasteiger partial charge in [-0.2, -0.15) is 0 Å². The number of aromatic nitrogens is 2. The molecule has 3 aromatic rings. The molecule has 0 aliphatic heterocycles. The van der Waals surface area contributed by atoms with E-state index in [0.29, 0.717) is 0 Å². The minimum absolute atomic E-state index is 1.08. The molecular formula is C13H12N2S. The van der Waals surface area contributed by atoms with Crippen molar-refractivity contribution < 1.29 is 0 Å². The first-order valence-electron chi connectivity index (χ1n) is 5.26. The van der Waals surface area contributed by atoms with E-state index < -0.39 is 0 Å². The van der Waals surface area contributed by atoms with Crippen molar-refractivity contribution in [3.8, 4) is 11.3 Å². The molecule has 0 aliphatic carbocycles. The number of rotatable bonds is 1. The first kappa shape index (κ1) is 9.60. The minimum Gasteiger partial charge on any atom is -0.287 e. The number of benzene rings is 1. The normalized spacial score (nSPS) is 11.1. The van der Waals surface area contributed by atoms with Gasteiger partial charge in [0.05, 0.1) is 11.4 Å². The summed E-state index contributed by atoms with van der Waals surface area (Å²) in [5.41, 5.74) is 4.80. The summed E-state index contributed by atoms with van der Waals surface area (Å²) in [4.78, 5) is 5.67. The summed E-state index contributed by atoms with van der Waals surface area (Å²) in [6.45, 7) is 4.19. The van der Waals surface area contributed by atoms with Gasteiger partial charge < -0.3 is 0 Å². The van der Waals surface area contributed by atoms with Crippen LogP contribution < -0.4 is 0 Å². The van der Waals surface area contributed by atoms with Crippen LogP contribution in [0, 0.1) is 13.8 Å². The van der Waals surface area contributed by atoms with Crippen molar-refractivity contribution >= 4 is 16.3 Å². The van der Waals surface area contributed by atoms with Crippen molar-refractivity contribution in [3.05, 3.63) is 47.1 Å². The number of aryl methyl sites for hydroxylation is 2. The Labute approximate surface area is 98.2 Å². The van der Waals surface area contributed by atoms with Crippen LogP contribution in [0.5, 0.6) is 0 Å². The highest BCUT2D eigenvalue weighted by molar-refractivity contribution is 7.15. The van der Waals surface area contributed by atoms with E-state index in [1.54, 1.807) is 11.3 Å². The maximum absolute atomic E-state index is 4.59. The summed E-state index contributed by atoms with van der Waals surface area (Å²) in [5.74, 6) is 0. The van der Waals surface area contributed by atoms with Crippen LogP contribution in [0.15, 0.2) is 35.7 Å². The Balaban J connectivity index is 2.38. The molecule has 0 aliphatic rings. The summed E-state index contributed by atoms with van der Waals surface area (Å²) in [7, 11) is 0. The highest BCUT2D eigenvalue weighted by atomic mass is 32.1. The largest absolute Gasteiger partial charge is 0.287 e. The molecule has 1 aromatic carbocycles. The van der Waals surface area contributed by atoms with Crippen LogP contribution in [0.1, 0.15) is 11.4 Å². The van der Waals surface area contributed by atoms with Crippen LogP contribution in [0.4, 0.5) is 0 Å². The summed E-state index contributed by atoms with van der Waals surface area (Å²) in [6, 6.07) is 10.4. The van der Waals surface area contributed by atoms with E-state index in [2.05, 4.69) is 52.9 Å². The fraction of sp³-hybridized carbons (Fsp3) is 0.154. The molecule has 2 aromatic heterocycles. The fourth-order valence-corrected chi connectivity index (χ4v) is 2.95. The molecule has 0 saturated heterocycles. The molecule has 3 heteroatoms. The number of imidazole rings is 1. The molecule has 0 atom stereocenters. The van der Waals surface area contributed by atoms with Gasteiger partial charge in [-0.1, -0.05) is 30.3 Å². The Kier molecular flexibility index (Phi) is 2.07. The van der Waals surface area contributed by atoms with Crippen LogP contribution in [0.3, 0.4) is 0 Å². The maximum Gasteiger partial charge on any atom is 0.194 e. The monoisotopic (exact) mass is 228 g/mol. The summed E-state index contributed by atoms with van der Waals surface area (Å²) in [5, 5.41) is 2.15. The van der Waals surface area contributed by atoms with Crippen molar-refractivity contribution in [3.63, 3.8) is 0 Å². The summed E-state index contributed by atoms with van der Waals surface area (Å²) >= 11 is 1.70. The lowest BCUT2D eigenvalue weighted by Crippen LogP contribution is -1.89. The number of hydrogen-bond acceptors (Lipinski definition) is 2. The van der Waals surface area contributed by atoms with Crippen LogP contribution in [0.2, 0.25) is 0 Å². The topological polar surface area (TPSA) is 17.3 Å². The second-order valence-corrected chi connectivity index (χ2v) is 4.74. The van der Waals surface area contributed by atoms with E-state index in [-0.39, 0.29) is 0 Å². The average molecular weight is 228 g/mol. The molecule has 80 valence electrons. The van der Waals surface area contributed by atoms with Gasteiger partial charge in [-0.05, 0) is 13.8 Å². The zero-order chi connectivity index (χ0) is 11.1. The Morgan fingerprint density at radius 1 is 1.12 bits per heavy atom. The van der Waals surface area contributed by atoms with Gasteiger partial charge in [0.2, 0.25) is 0 Å². The number of fused-ring (bicyclic) bond motifs is 1. The van der Waals surface area contributed by atoms with Crippen molar-refractivity contribution in [2.45, 2.75) is 13.8 Å². The second kappa shape index (κ2) is 3.46. The van der Waals surface area contributed by atoms with Crippen LogP contribution in [-0.2, 0) is 0 Å². The van der Waals surface area contributed by atoms with Crippen LogP contribution in [-0.4, -0.2) is 9.38 Å². The molecule has 0 bridgehead atoms. The zero-order valence-electron chi connectivity index (χ0n) is 9.27. The van der Waals surface area contributed by atoms with Gasteiger partial charge >= 0.3 is 0 Å². The molecule has 0 amide bonds. The molecule has 0 N–H and O–H groups in total. The van der Waals surface area contributed by atoms with Gasteiger partial charge in [0.1, 0.15) is 0 Å². The number of hydrogen-bond donors (Lipinski definition) is 0. The SMILES string of the molecule is Cc1nc2scc(C)n2c1-c1ccccc1. The van der Waals surface area contributed by atoms with E-state index in [0.717, 1.165) is 10.7 Å². The van der Waals surface area contributed by atoms with Gasteiger partial charge in [0, 0.05) is 16.6 Å². The van der Waals surface area contributed by atoms with Gasteiger partial charge in [-0.25, -0.2) is 4.98 Å². The third kappa shape index (κ3) is 1.28. The first-order valence-corrected chi connectivity index (χ1v) is 6.14. The molecule has 2 nitrogen and oxygen atoms in total. The third-order valence-electron chi connectivity index (χ3n) is 2.76. The van der Waals surface area contributed by atoms with Gasteiger partial charge in [0.25, 0.3) is 0 Å². The van der Waals surface area contributed by atoms with Crippen LogP contribution in [0.25, 0.3) is 16.2 Å². The Morgan fingerprint density at radius 2 is 1.88 bits per heavy atom. The van der Waals surface area contributed by atoms with E-state index in [1.165, 1.54) is 17.0 Å². The lowest BCUT2D eigenvalue weighted by Gasteiger charge is -2.02. The quantitative estimate of drug-likeness (QED) is 0.621. The van der Waals surface area contributed by atoms with E-state index in [9.17, 15) is 0 Å². The standard InChI is InChI=1S/C13H12N2S/c1-9-8-16-13-14-10(2)12(15(9)13)11-6-4-3-5-7-11/h3-8H,1-2H3. The molecule has 0 spiro atoms. The lowest BCUT2D eigenvalue weighted by atomic mass is 10.1. The highest BCUT2D eigenvalue weighted by Crippen LogP contribution is 2.28. The zero-order valence-corrected chi connectivity index (χ0v) is 10.1. The van der Waals surface area contributed by atoms with Crippen LogP contribution >= 0.6 is 11.3 Å². The third-order valence-corrected chi connectivity index (χ3v) is 3.70. The molecule has 16 heavy (non-hydrogen) atoms. The molecule has 0 fully saturated rings. The smallest absolute Gasteiger partial charge is 0.194 e. The van der Waals surface area contributed by atoms with E-state index in [4.69, 9.17) is 0 Å². The predicted molar refractivity (Wildman–Crippen MR) is 68.0 cm³/mol. The summed E-state index contributed by atoms with van der Waals surface area (Å²) < 4.78 is 2.23. The number of thiazole rings is 1. The molecule has 3 rings (SSSR count). The fourth-order valence-electron chi connectivity index (χ4n) is 2.03. The second-order valence-electron chi connectivity index (χ2n) is 3.91.